The number of halogens is 1. The van der Waals surface area contributed by atoms with Crippen LogP contribution in [0.3, 0.4) is 0 Å². The summed E-state index contributed by atoms with van der Waals surface area (Å²) in [7, 11) is 0. The van der Waals surface area contributed by atoms with Crippen molar-refractivity contribution < 1.29 is 14.5 Å². The van der Waals surface area contributed by atoms with Crippen LogP contribution in [0.25, 0.3) is 0 Å². The molecule has 20 heavy (non-hydrogen) atoms. The minimum Gasteiger partial charge on any atom is -0.373 e. The van der Waals surface area contributed by atoms with E-state index in [0.29, 0.717) is 0 Å². The summed E-state index contributed by atoms with van der Waals surface area (Å²) >= 11 is 5.93. The van der Waals surface area contributed by atoms with Crippen LogP contribution in [0.4, 0.5) is 5.69 Å². The molecule has 2 saturated heterocycles. The largest absolute Gasteiger partial charge is 0.373 e. The van der Waals surface area contributed by atoms with E-state index in [2.05, 4.69) is 5.32 Å². The summed E-state index contributed by atoms with van der Waals surface area (Å²) in [5.41, 5.74) is -0.132. The molecule has 0 spiro atoms. The molecule has 2 heterocycles. The SMILES string of the molecule is O=C(NC1CC2CCC1O2)c1cccc([N+](=O)[O-])c1Cl. The third kappa shape index (κ3) is 2.25. The van der Waals surface area contributed by atoms with Crippen molar-refractivity contribution in [3.8, 4) is 0 Å². The van der Waals surface area contributed by atoms with Crippen LogP contribution in [-0.2, 0) is 4.74 Å². The van der Waals surface area contributed by atoms with Gasteiger partial charge in [-0.05, 0) is 25.3 Å². The van der Waals surface area contributed by atoms with E-state index < -0.39 is 4.92 Å². The zero-order valence-corrected chi connectivity index (χ0v) is 11.3. The second kappa shape index (κ2) is 5.03. The molecule has 3 rings (SSSR count). The lowest BCUT2D eigenvalue weighted by molar-refractivity contribution is -0.384. The van der Waals surface area contributed by atoms with Crippen molar-refractivity contribution in [2.75, 3.05) is 0 Å². The van der Waals surface area contributed by atoms with Crippen molar-refractivity contribution in [2.45, 2.75) is 37.5 Å². The van der Waals surface area contributed by atoms with Gasteiger partial charge in [-0.15, -0.1) is 0 Å². The van der Waals surface area contributed by atoms with Crippen molar-refractivity contribution >= 4 is 23.2 Å². The number of fused-ring (bicyclic) bond motifs is 2. The number of benzene rings is 1. The molecule has 1 aromatic rings. The summed E-state index contributed by atoms with van der Waals surface area (Å²) in [4.78, 5) is 22.4. The highest BCUT2D eigenvalue weighted by molar-refractivity contribution is 6.35. The number of ether oxygens (including phenoxy) is 1. The van der Waals surface area contributed by atoms with E-state index in [1.807, 2.05) is 0 Å². The number of amides is 1. The van der Waals surface area contributed by atoms with Gasteiger partial charge < -0.3 is 10.1 Å². The molecular formula is C13H13ClN2O4. The van der Waals surface area contributed by atoms with E-state index in [1.165, 1.54) is 18.2 Å². The Morgan fingerprint density at radius 1 is 1.45 bits per heavy atom. The van der Waals surface area contributed by atoms with Crippen LogP contribution in [0.5, 0.6) is 0 Å². The van der Waals surface area contributed by atoms with Gasteiger partial charge in [0.1, 0.15) is 5.02 Å². The van der Waals surface area contributed by atoms with Crippen molar-refractivity contribution in [2.24, 2.45) is 0 Å². The normalized spacial score (nSPS) is 27.6. The van der Waals surface area contributed by atoms with E-state index in [0.717, 1.165) is 19.3 Å². The van der Waals surface area contributed by atoms with E-state index >= 15 is 0 Å². The molecule has 6 nitrogen and oxygen atoms in total. The Morgan fingerprint density at radius 2 is 2.25 bits per heavy atom. The van der Waals surface area contributed by atoms with Gasteiger partial charge in [0.15, 0.2) is 0 Å². The summed E-state index contributed by atoms with van der Waals surface area (Å²) in [6.45, 7) is 0. The number of nitrogens with zero attached hydrogens (tertiary/aromatic N) is 1. The maximum Gasteiger partial charge on any atom is 0.288 e. The van der Waals surface area contributed by atoms with Crippen LogP contribution < -0.4 is 5.32 Å². The lowest BCUT2D eigenvalue weighted by atomic mass is 9.95. The first-order valence-electron chi connectivity index (χ1n) is 6.45. The first-order chi connectivity index (χ1) is 9.56. The fourth-order valence-corrected chi connectivity index (χ4v) is 3.15. The van der Waals surface area contributed by atoms with Gasteiger partial charge in [0.2, 0.25) is 0 Å². The molecule has 106 valence electrons. The number of hydrogen-bond acceptors (Lipinski definition) is 4. The van der Waals surface area contributed by atoms with Crippen molar-refractivity contribution in [1.29, 1.82) is 0 Å². The number of nitro groups is 1. The van der Waals surface area contributed by atoms with E-state index in [-0.39, 0.29) is 40.4 Å². The summed E-state index contributed by atoms with van der Waals surface area (Å²) in [6.07, 6.45) is 3.06. The first kappa shape index (κ1) is 13.3. The Morgan fingerprint density at radius 3 is 2.85 bits per heavy atom. The lowest BCUT2D eigenvalue weighted by Gasteiger charge is -2.20. The van der Waals surface area contributed by atoms with E-state index in [1.54, 1.807) is 0 Å². The number of hydrogen-bond donors (Lipinski definition) is 1. The fourth-order valence-electron chi connectivity index (χ4n) is 2.87. The molecule has 0 radical (unpaired) electrons. The van der Waals surface area contributed by atoms with Gasteiger partial charge in [-0.3, -0.25) is 14.9 Å². The molecule has 3 atom stereocenters. The van der Waals surface area contributed by atoms with Gasteiger partial charge in [0, 0.05) is 6.07 Å². The third-order valence-corrected chi connectivity index (χ3v) is 4.24. The second-order valence-electron chi connectivity index (χ2n) is 5.09. The number of nitro benzene ring substituents is 1. The standard InChI is InChI=1S/C13H13ClN2O4/c14-12-8(2-1-3-10(12)16(18)19)13(17)15-9-6-7-4-5-11(9)20-7/h1-3,7,9,11H,4-6H2,(H,15,17). The predicted molar refractivity (Wildman–Crippen MR) is 71.9 cm³/mol. The van der Waals surface area contributed by atoms with Gasteiger partial charge in [0.05, 0.1) is 28.7 Å². The highest BCUT2D eigenvalue weighted by Gasteiger charge is 2.41. The molecule has 0 aliphatic carbocycles. The smallest absolute Gasteiger partial charge is 0.288 e. The average Bonchev–Trinajstić information content (AvgIpc) is 3.00. The summed E-state index contributed by atoms with van der Waals surface area (Å²) in [5.74, 6) is -0.389. The minimum absolute atomic E-state index is 0.0309. The van der Waals surface area contributed by atoms with Crippen LogP contribution in [0.15, 0.2) is 18.2 Å². The number of nitrogens with one attached hydrogen (secondary N) is 1. The molecule has 1 amide bonds. The van der Waals surface area contributed by atoms with Crippen molar-refractivity contribution in [3.05, 3.63) is 38.9 Å². The highest BCUT2D eigenvalue weighted by Crippen LogP contribution is 2.35. The highest BCUT2D eigenvalue weighted by atomic mass is 35.5. The molecule has 2 aliphatic rings. The molecule has 2 aliphatic heterocycles. The molecule has 2 bridgehead atoms. The second-order valence-corrected chi connectivity index (χ2v) is 5.46. The van der Waals surface area contributed by atoms with Crippen LogP contribution >= 0.6 is 11.6 Å². The maximum atomic E-state index is 12.2. The number of rotatable bonds is 3. The van der Waals surface area contributed by atoms with E-state index in [9.17, 15) is 14.9 Å². The first-order valence-corrected chi connectivity index (χ1v) is 6.83. The summed E-state index contributed by atoms with van der Waals surface area (Å²) in [6, 6.07) is 4.19. The predicted octanol–water partition coefficient (Wildman–Crippen LogP) is 2.30. The lowest BCUT2D eigenvalue weighted by Crippen LogP contribution is -2.41. The number of carbonyl (C=O) groups is 1. The van der Waals surface area contributed by atoms with Crippen LogP contribution in [0.1, 0.15) is 29.6 Å². The molecular weight excluding hydrogens is 284 g/mol. The Bertz CT molecular complexity index is 577. The zero-order chi connectivity index (χ0) is 14.3. The van der Waals surface area contributed by atoms with Crippen LogP contribution in [-0.4, -0.2) is 29.1 Å². The topological polar surface area (TPSA) is 81.5 Å². The van der Waals surface area contributed by atoms with Gasteiger partial charge in [-0.1, -0.05) is 17.7 Å². The average molecular weight is 297 g/mol. The summed E-state index contributed by atoms with van der Waals surface area (Å²) in [5, 5.41) is 13.6. The molecule has 7 heteroatoms. The summed E-state index contributed by atoms with van der Waals surface area (Å²) < 4.78 is 5.66. The molecule has 0 saturated carbocycles. The maximum absolute atomic E-state index is 12.2. The Balaban J connectivity index is 1.77. The van der Waals surface area contributed by atoms with Crippen LogP contribution in [0, 0.1) is 10.1 Å². The minimum atomic E-state index is -0.597. The quantitative estimate of drug-likeness (QED) is 0.685. The number of carbonyl (C=O) groups excluding carboxylic acids is 1. The Kier molecular flexibility index (Phi) is 3.35. The van der Waals surface area contributed by atoms with Gasteiger partial charge >= 0.3 is 0 Å². The van der Waals surface area contributed by atoms with Gasteiger partial charge in [0.25, 0.3) is 11.6 Å². The van der Waals surface area contributed by atoms with E-state index in [4.69, 9.17) is 16.3 Å². The van der Waals surface area contributed by atoms with Gasteiger partial charge in [-0.2, -0.15) is 0 Å². The molecule has 0 aromatic heterocycles. The molecule has 1 N–H and O–H groups in total. The van der Waals surface area contributed by atoms with Crippen molar-refractivity contribution in [3.63, 3.8) is 0 Å². The molecule has 2 fully saturated rings. The fraction of sp³-hybridized carbons (Fsp3) is 0.462. The molecule has 1 aromatic carbocycles. The third-order valence-electron chi connectivity index (χ3n) is 3.84. The van der Waals surface area contributed by atoms with Crippen LogP contribution in [0.2, 0.25) is 5.02 Å². The monoisotopic (exact) mass is 296 g/mol. The molecule has 3 unspecified atom stereocenters. The van der Waals surface area contributed by atoms with Gasteiger partial charge in [-0.25, -0.2) is 0 Å². The Hall–Kier alpha value is -1.66. The Labute approximate surface area is 120 Å². The van der Waals surface area contributed by atoms with Crippen molar-refractivity contribution in [1.82, 2.24) is 5.32 Å². The zero-order valence-electron chi connectivity index (χ0n) is 10.5.